The van der Waals surface area contributed by atoms with E-state index in [1.165, 1.54) is 0 Å². The average Bonchev–Trinajstić information content (AvgIpc) is 1.97. The van der Waals surface area contributed by atoms with Crippen LogP contribution in [0.15, 0.2) is 0 Å². The van der Waals surface area contributed by atoms with E-state index >= 15 is 0 Å². The van der Waals surface area contributed by atoms with Crippen LogP contribution < -0.4 is 0 Å². The lowest BCUT2D eigenvalue weighted by atomic mass is 10.2. The van der Waals surface area contributed by atoms with Gasteiger partial charge in [-0.1, -0.05) is 11.6 Å². The summed E-state index contributed by atoms with van der Waals surface area (Å²) >= 11 is 4.80. The van der Waals surface area contributed by atoms with E-state index in [0.29, 0.717) is 0 Å². The molecule has 1 unspecified atom stereocenters. The Morgan fingerprint density at radius 3 is 2.15 bits per heavy atom. The van der Waals surface area contributed by atoms with Crippen molar-refractivity contribution < 1.29 is 28.2 Å². The molecule has 1 atom stereocenters. The first-order chi connectivity index (χ1) is 5.86. The number of ether oxygens (including phenoxy) is 1. The molecule has 8 heteroatoms. The Morgan fingerprint density at radius 2 is 1.92 bits per heavy atom. The highest BCUT2D eigenvalue weighted by molar-refractivity contribution is 6.83. The molecular formula is C5H4ClF2NO4. The summed E-state index contributed by atoms with van der Waals surface area (Å²) in [4.78, 5) is 20.8. The van der Waals surface area contributed by atoms with Crippen molar-refractivity contribution in [3.8, 4) is 0 Å². The third kappa shape index (κ3) is 3.90. The van der Waals surface area contributed by atoms with Gasteiger partial charge in [0.15, 0.2) is 5.17 Å². The second kappa shape index (κ2) is 4.83. The molecule has 0 radical (unpaired) electrons. The van der Waals surface area contributed by atoms with Gasteiger partial charge in [0.05, 0.1) is 0 Å². The molecule has 5 nitrogen and oxygen atoms in total. The van der Waals surface area contributed by atoms with Gasteiger partial charge in [-0.05, 0) is 0 Å². The minimum atomic E-state index is -3.42. The summed E-state index contributed by atoms with van der Waals surface area (Å²) in [5, 5.41) is 13.5. The predicted octanol–water partition coefficient (Wildman–Crippen LogP) is 0.464. The van der Waals surface area contributed by atoms with Crippen molar-refractivity contribution >= 4 is 28.5 Å². The van der Waals surface area contributed by atoms with Gasteiger partial charge in [-0.2, -0.15) is 8.78 Å². The fourth-order valence-electron chi connectivity index (χ4n) is 0.450. The summed E-state index contributed by atoms with van der Waals surface area (Å²) in [6.45, 7) is -3.42. The number of nitrogens with one attached hydrogen (secondary N) is 1. The van der Waals surface area contributed by atoms with Crippen LogP contribution in [-0.2, 0) is 14.3 Å². The number of Topliss-reactive ketones (excluding diaryl/α,β-unsaturated/α-hetero) is 1. The average molecular weight is 216 g/mol. The molecule has 0 aromatic heterocycles. The van der Waals surface area contributed by atoms with Crippen LogP contribution in [0.1, 0.15) is 0 Å². The zero-order valence-corrected chi connectivity index (χ0v) is 6.72. The molecule has 0 rings (SSSR count). The predicted molar refractivity (Wildman–Crippen MR) is 37.1 cm³/mol. The molecule has 0 saturated heterocycles. The lowest BCUT2D eigenvalue weighted by molar-refractivity contribution is -0.187. The van der Waals surface area contributed by atoms with Crippen LogP contribution in [0.3, 0.4) is 0 Å². The lowest BCUT2D eigenvalue weighted by Gasteiger charge is -2.09. The number of carboxylic acids is 1. The molecule has 0 saturated carbocycles. The quantitative estimate of drug-likeness (QED) is 0.515. The van der Waals surface area contributed by atoms with Crippen molar-refractivity contribution in [2.75, 3.05) is 0 Å². The minimum absolute atomic E-state index is 1.17. The number of ketones is 1. The smallest absolute Gasteiger partial charge is 0.346 e. The number of carbonyl (C=O) groups excluding carboxylic acids is 1. The molecule has 0 heterocycles. The fraction of sp³-hybridized carbons (Fsp3) is 0.400. The Balaban J connectivity index is 4.52. The first-order valence-corrected chi connectivity index (χ1v) is 3.18. The number of hydrogen-bond donors (Lipinski definition) is 2. The molecule has 74 valence electrons. The van der Waals surface area contributed by atoms with Gasteiger partial charge in [0.1, 0.15) is 0 Å². The molecule has 0 aromatic carbocycles. The number of aliphatic carboxylic acids is 1. The largest absolute Gasteiger partial charge is 0.479 e. The summed E-state index contributed by atoms with van der Waals surface area (Å²) < 4.78 is 26.5. The van der Waals surface area contributed by atoms with E-state index in [0.717, 1.165) is 0 Å². The molecular weight excluding hydrogens is 212 g/mol. The molecule has 0 fully saturated rings. The Hall–Kier alpha value is -1.08. The highest BCUT2D eigenvalue weighted by atomic mass is 35.5. The maximum Gasteiger partial charge on any atom is 0.346 e. The van der Waals surface area contributed by atoms with Gasteiger partial charge < -0.3 is 5.11 Å². The summed E-state index contributed by atoms with van der Waals surface area (Å²) in [5.41, 5.74) is 0. The van der Waals surface area contributed by atoms with Gasteiger partial charge in [0.2, 0.25) is 11.9 Å². The minimum Gasteiger partial charge on any atom is -0.479 e. The van der Waals surface area contributed by atoms with E-state index in [4.69, 9.17) is 22.1 Å². The molecule has 0 aliphatic rings. The first kappa shape index (κ1) is 11.9. The number of halogens is 3. The number of alkyl halides is 2. The van der Waals surface area contributed by atoms with Crippen LogP contribution in [0.2, 0.25) is 0 Å². The number of hydrogen-bond acceptors (Lipinski definition) is 4. The van der Waals surface area contributed by atoms with E-state index < -0.39 is 29.6 Å². The Morgan fingerprint density at radius 1 is 1.46 bits per heavy atom. The molecule has 13 heavy (non-hydrogen) atoms. The Bertz CT molecular complexity index is 245. The van der Waals surface area contributed by atoms with Crippen molar-refractivity contribution in [3.05, 3.63) is 0 Å². The van der Waals surface area contributed by atoms with Crippen LogP contribution in [0, 0.1) is 5.41 Å². The zero-order chi connectivity index (χ0) is 10.6. The molecule has 0 aliphatic heterocycles. The first-order valence-electron chi connectivity index (χ1n) is 2.81. The Kier molecular flexibility index (Phi) is 4.43. The van der Waals surface area contributed by atoms with E-state index in [1.54, 1.807) is 0 Å². The van der Waals surface area contributed by atoms with Gasteiger partial charge >= 0.3 is 12.6 Å². The third-order valence-corrected chi connectivity index (χ3v) is 1.10. The molecule has 0 bridgehead atoms. The van der Waals surface area contributed by atoms with Crippen LogP contribution in [-0.4, -0.2) is 34.7 Å². The second-order valence-corrected chi connectivity index (χ2v) is 2.17. The SMILES string of the molecule is N=C(Cl)C(=O)C(OC(F)F)C(=O)O. The molecule has 0 aliphatic carbocycles. The molecule has 0 aromatic rings. The van der Waals surface area contributed by atoms with Gasteiger partial charge in [-0.25, -0.2) is 4.79 Å². The number of carboxylic acid groups (broad SMARTS) is 1. The molecule has 0 amide bonds. The highest BCUT2D eigenvalue weighted by Crippen LogP contribution is 2.05. The monoisotopic (exact) mass is 215 g/mol. The van der Waals surface area contributed by atoms with Crippen molar-refractivity contribution in [3.63, 3.8) is 0 Å². The fourth-order valence-corrected chi connectivity index (χ4v) is 0.549. The van der Waals surface area contributed by atoms with Crippen LogP contribution in [0.25, 0.3) is 0 Å². The normalized spacial score (nSPS) is 12.6. The summed E-state index contributed by atoms with van der Waals surface area (Å²) in [7, 11) is 0. The van der Waals surface area contributed by atoms with E-state index in [2.05, 4.69) is 4.74 Å². The maximum atomic E-state index is 11.5. The third-order valence-electron chi connectivity index (χ3n) is 0.918. The molecule has 0 spiro atoms. The standard InChI is InChI=1S/C5H4ClF2NO4/c6-3(9)1(10)2(4(11)12)13-5(7)8/h2,5,9H,(H,11,12). The van der Waals surface area contributed by atoms with Crippen molar-refractivity contribution in [1.82, 2.24) is 0 Å². The van der Waals surface area contributed by atoms with Crippen molar-refractivity contribution in [1.29, 1.82) is 5.41 Å². The van der Waals surface area contributed by atoms with E-state index in [9.17, 15) is 18.4 Å². The molecule has 2 N–H and O–H groups in total. The van der Waals surface area contributed by atoms with E-state index in [-0.39, 0.29) is 0 Å². The van der Waals surface area contributed by atoms with Crippen LogP contribution >= 0.6 is 11.6 Å². The zero-order valence-electron chi connectivity index (χ0n) is 5.96. The highest BCUT2D eigenvalue weighted by Gasteiger charge is 2.32. The van der Waals surface area contributed by atoms with Gasteiger partial charge in [0.25, 0.3) is 0 Å². The van der Waals surface area contributed by atoms with Gasteiger partial charge in [-0.15, -0.1) is 0 Å². The maximum absolute atomic E-state index is 11.5. The van der Waals surface area contributed by atoms with Crippen LogP contribution in [0.5, 0.6) is 0 Å². The van der Waals surface area contributed by atoms with E-state index in [1.807, 2.05) is 0 Å². The number of rotatable bonds is 5. The second-order valence-electron chi connectivity index (χ2n) is 1.79. The van der Waals surface area contributed by atoms with Crippen molar-refractivity contribution in [2.24, 2.45) is 0 Å². The Labute approximate surface area is 75.7 Å². The topological polar surface area (TPSA) is 87.5 Å². The number of carbonyl (C=O) groups is 2. The van der Waals surface area contributed by atoms with Gasteiger partial charge in [-0.3, -0.25) is 14.9 Å². The van der Waals surface area contributed by atoms with Crippen molar-refractivity contribution in [2.45, 2.75) is 12.7 Å². The van der Waals surface area contributed by atoms with Gasteiger partial charge in [0, 0.05) is 0 Å². The summed E-state index contributed by atoms with van der Waals surface area (Å²) in [6.07, 6.45) is -2.43. The summed E-state index contributed by atoms with van der Waals surface area (Å²) in [5.74, 6) is -3.44. The summed E-state index contributed by atoms with van der Waals surface area (Å²) in [6, 6.07) is 0. The van der Waals surface area contributed by atoms with Crippen LogP contribution in [0.4, 0.5) is 8.78 Å². The lowest BCUT2D eigenvalue weighted by Crippen LogP contribution is -2.37.